The van der Waals surface area contributed by atoms with Crippen molar-refractivity contribution in [2.75, 3.05) is 31.6 Å². The smallest absolute Gasteiger partial charge is 0.259 e. The van der Waals surface area contributed by atoms with Gasteiger partial charge in [0.15, 0.2) is 0 Å². The van der Waals surface area contributed by atoms with Gasteiger partial charge in [0.1, 0.15) is 6.33 Å². The zero-order valence-electron chi connectivity index (χ0n) is 16.6. The van der Waals surface area contributed by atoms with Crippen molar-refractivity contribution in [3.63, 3.8) is 0 Å². The number of ether oxygens (including phenoxy) is 1. The highest BCUT2D eigenvalue weighted by Crippen LogP contribution is 2.20. The van der Waals surface area contributed by atoms with Gasteiger partial charge < -0.3 is 15.0 Å². The summed E-state index contributed by atoms with van der Waals surface area (Å²) in [6, 6.07) is 5.41. The van der Waals surface area contributed by atoms with Gasteiger partial charge in [0, 0.05) is 24.3 Å². The molecule has 2 aromatic rings. The summed E-state index contributed by atoms with van der Waals surface area (Å²) in [5, 5.41) is 2.92. The molecule has 0 atom stereocenters. The van der Waals surface area contributed by atoms with Gasteiger partial charge in [-0.1, -0.05) is 19.9 Å². The molecular weight excluding hydrogens is 356 g/mol. The van der Waals surface area contributed by atoms with Crippen molar-refractivity contribution in [3.8, 4) is 0 Å². The Labute approximate surface area is 165 Å². The molecule has 0 spiro atoms. The molecule has 0 saturated carbocycles. The lowest BCUT2D eigenvalue weighted by atomic mass is 10.0. The molecule has 1 fully saturated rings. The van der Waals surface area contributed by atoms with E-state index in [4.69, 9.17) is 4.74 Å². The molecule has 1 N–H and O–H groups in total. The molecule has 7 nitrogen and oxygen atoms in total. The number of hydrogen-bond donors (Lipinski definition) is 1. The third-order valence-corrected chi connectivity index (χ3v) is 4.93. The van der Waals surface area contributed by atoms with Gasteiger partial charge in [0.25, 0.3) is 11.8 Å². The van der Waals surface area contributed by atoms with Crippen LogP contribution in [0.5, 0.6) is 0 Å². The Kier molecular flexibility index (Phi) is 6.36. The number of rotatable bonds is 5. The minimum atomic E-state index is -0.247. The standard InChI is InChI=1S/C21H26N4O3/c1-4-17-19(18(5-2)23-13-22-17)20(26)24-15-7-6-14(3)16(12-15)21(27)25-8-10-28-11-9-25/h6-7,12-13H,4-5,8-11H2,1-3H3,(H,24,26). The number of anilines is 1. The van der Waals surface area contributed by atoms with E-state index in [9.17, 15) is 9.59 Å². The third kappa shape index (κ3) is 4.20. The number of aromatic nitrogens is 2. The molecule has 0 radical (unpaired) electrons. The van der Waals surface area contributed by atoms with Gasteiger partial charge in [-0.25, -0.2) is 9.97 Å². The minimum Gasteiger partial charge on any atom is -0.378 e. The first-order valence-corrected chi connectivity index (χ1v) is 9.66. The van der Waals surface area contributed by atoms with Crippen molar-refractivity contribution in [1.82, 2.24) is 14.9 Å². The van der Waals surface area contributed by atoms with Gasteiger partial charge in [-0.05, 0) is 37.5 Å². The molecule has 2 amide bonds. The second-order valence-corrected chi connectivity index (χ2v) is 6.74. The SMILES string of the molecule is CCc1ncnc(CC)c1C(=O)Nc1ccc(C)c(C(=O)N2CCOCC2)c1. The Morgan fingerprint density at radius 1 is 1.11 bits per heavy atom. The van der Waals surface area contributed by atoms with E-state index in [1.165, 1.54) is 6.33 Å². The molecule has 0 bridgehead atoms. The summed E-state index contributed by atoms with van der Waals surface area (Å²) < 4.78 is 5.32. The van der Waals surface area contributed by atoms with Crippen molar-refractivity contribution >= 4 is 17.5 Å². The van der Waals surface area contributed by atoms with Crippen LogP contribution in [0.3, 0.4) is 0 Å². The highest BCUT2D eigenvalue weighted by Gasteiger charge is 2.22. The maximum absolute atomic E-state index is 12.9. The quantitative estimate of drug-likeness (QED) is 0.859. The van der Waals surface area contributed by atoms with Crippen LogP contribution in [0, 0.1) is 6.92 Å². The number of hydrogen-bond acceptors (Lipinski definition) is 5. The fourth-order valence-electron chi connectivity index (χ4n) is 3.32. The molecule has 148 valence electrons. The first-order chi connectivity index (χ1) is 13.5. The number of carbonyl (C=O) groups is 2. The molecule has 2 heterocycles. The molecule has 3 rings (SSSR count). The lowest BCUT2D eigenvalue weighted by molar-refractivity contribution is 0.0302. The van der Waals surface area contributed by atoms with Crippen LogP contribution in [0.2, 0.25) is 0 Å². The predicted octanol–water partition coefficient (Wildman–Crippen LogP) is 2.63. The van der Waals surface area contributed by atoms with E-state index < -0.39 is 0 Å². The van der Waals surface area contributed by atoms with Gasteiger partial charge in [-0.3, -0.25) is 9.59 Å². The Morgan fingerprint density at radius 2 is 1.75 bits per heavy atom. The Bertz CT molecular complexity index is 854. The summed E-state index contributed by atoms with van der Waals surface area (Å²) in [6.45, 7) is 8.08. The number of amides is 2. The van der Waals surface area contributed by atoms with Crippen molar-refractivity contribution < 1.29 is 14.3 Å². The Hall–Kier alpha value is -2.80. The van der Waals surface area contributed by atoms with Crippen LogP contribution in [0.15, 0.2) is 24.5 Å². The van der Waals surface area contributed by atoms with Crippen LogP contribution in [-0.2, 0) is 17.6 Å². The summed E-state index contributed by atoms with van der Waals surface area (Å²) in [7, 11) is 0. The molecule has 1 aromatic carbocycles. The summed E-state index contributed by atoms with van der Waals surface area (Å²) in [5.41, 5.74) is 4.02. The van der Waals surface area contributed by atoms with Crippen LogP contribution < -0.4 is 5.32 Å². The first kappa shape index (κ1) is 19.9. The number of nitrogens with one attached hydrogen (secondary N) is 1. The summed E-state index contributed by atoms with van der Waals surface area (Å²) in [4.78, 5) is 36.1. The van der Waals surface area contributed by atoms with Gasteiger partial charge in [0.2, 0.25) is 0 Å². The van der Waals surface area contributed by atoms with E-state index in [1.807, 2.05) is 32.9 Å². The summed E-state index contributed by atoms with van der Waals surface area (Å²) in [5.74, 6) is -0.286. The maximum atomic E-state index is 12.9. The largest absolute Gasteiger partial charge is 0.378 e. The molecule has 1 saturated heterocycles. The molecular formula is C21H26N4O3. The van der Waals surface area contributed by atoms with Crippen LogP contribution in [0.1, 0.15) is 51.5 Å². The van der Waals surface area contributed by atoms with E-state index in [-0.39, 0.29) is 11.8 Å². The van der Waals surface area contributed by atoms with Crippen molar-refractivity contribution in [2.45, 2.75) is 33.6 Å². The Balaban J connectivity index is 1.86. The van der Waals surface area contributed by atoms with Crippen LogP contribution in [0.25, 0.3) is 0 Å². The molecule has 0 aliphatic carbocycles. The molecule has 1 aliphatic heterocycles. The average molecular weight is 382 g/mol. The third-order valence-electron chi connectivity index (χ3n) is 4.93. The van der Waals surface area contributed by atoms with E-state index in [1.54, 1.807) is 11.0 Å². The number of nitrogens with zero attached hydrogens (tertiary/aromatic N) is 3. The highest BCUT2D eigenvalue weighted by molar-refractivity contribution is 6.06. The normalized spacial score (nSPS) is 14.0. The van der Waals surface area contributed by atoms with Crippen molar-refractivity contribution in [1.29, 1.82) is 0 Å². The molecule has 0 unspecified atom stereocenters. The number of carbonyl (C=O) groups excluding carboxylic acids is 2. The average Bonchev–Trinajstić information content (AvgIpc) is 2.74. The zero-order valence-corrected chi connectivity index (χ0v) is 16.6. The second kappa shape index (κ2) is 8.93. The lowest BCUT2D eigenvalue weighted by Gasteiger charge is -2.27. The van der Waals surface area contributed by atoms with Crippen molar-refractivity contribution in [2.24, 2.45) is 0 Å². The lowest BCUT2D eigenvalue weighted by Crippen LogP contribution is -2.41. The topological polar surface area (TPSA) is 84.4 Å². The number of morpholine rings is 1. The second-order valence-electron chi connectivity index (χ2n) is 6.74. The maximum Gasteiger partial charge on any atom is 0.259 e. The minimum absolute atomic E-state index is 0.0385. The highest BCUT2D eigenvalue weighted by atomic mass is 16.5. The fourth-order valence-corrected chi connectivity index (χ4v) is 3.32. The summed E-state index contributed by atoms with van der Waals surface area (Å²) in [6.07, 6.45) is 2.79. The summed E-state index contributed by atoms with van der Waals surface area (Å²) >= 11 is 0. The van der Waals surface area contributed by atoms with Crippen LogP contribution >= 0.6 is 0 Å². The Morgan fingerprint density at radius 3 is 2.36 bits per heavy atom. The number of benzene rings is 1. The van der Waals surface area contributed by atoms with Gasteiger partial charge in [-0.2, -0.15) is 0 Å². The van der Waals surface area contributed by atoms with Crippen LogP contribution in [0.4, 0.5) is 5.69 Å². The predicted molar refractivity (Wildman–Crippen MR) is 107 cm³/mol. The van der Waals surface area contributed by atoms with Crippen molar-refractivity contribution in [3.05, 3.63) is 52.6 Å². The monoisotopic (exact) mass is 382 g/mol. The first-order valence-electron chi connectivity index (χ1n) is 9.66. The van der Waals surface area contributed by atoms with Gasteiger partial charge in [-0.15, -0.1) is 0 Å². The fraction of sp³-hybridized carbons (Fsp3) is 0.429. The molecule has 1 aromatic heterocycles. The number of aryl methyl sites for hydroxylation is 3. The molecule has 7 heteroatoms. The van der Waals surface area contributed by atoms with Gasteiger partial charge >= 0.3 is 0 Å². The van der Waals surface area contributed by atoms with E-state index in [0.717, 1.165) is 17.0 Å². The molecule has 1 aliphatic rings. The van der Waals surface area contributed by atoms with Crippen LogP contribution in [-0.4, -0.2) is 53.0 Å². The van der Waals surface area contributed by atoms with E-state index in [2.05, 4.69) is 15.3 Å². The zero-order chi connectivity index (χ0) is 20.1. The molecule has 28 heavy (non-hydrogen) atoms. The van der Waals surface area contributed by atoms with E-state index >= 15 is 0 Å². The van der Waals surface area contributed by atoms with Gasteiger partial charge in [0.05, 0.1) is 30.2 Å². The van der Waals surface area contributed by atoms with E-state index in [0.29, 0.717) is 56.0 Å².